The Bertz CT molecular complexity index is 966. The largest absolute Gasteiger partial charge is 0.218 e. The first-order chi connectivity index (χ1) is 14.3. The monoisotopic (exact) mass is 438 g/mol. The SMILES string of the molecule is C=CCCc1cc(C(C)(C)C)ccc1S(=O)(=O)c1ccc(C(C)(C)C)cc1CCC=C. The van der Waals surface area contributed by atoms with Crippen molar-refractivity contribution >= 4 is 9.84 Å². The van der Waals surface area contributed by atoms with Crippen LogP contribution in [0.2, 0.25) is 0 Å². The van der Waals surface area contributed by atoms with Crippen molar-refractivity contribution in [2.75, 3.05) is 0 Å². The highest BCUT2D eigenvalue weighted by molar-refractivity contribution is 7.91. The molecule has 0 aromatic heterocycles. The van der Waals surface area contributed by atoms with Gasteiger partial charge in [0.2, 0.25) is 9.84 Å². The molecule has 0 amide bonds. The van der Waals surface area contributed by atoms with E-state index >= 15 is 0 Å². The maximum absolute atomic E-state index is 13.9. The molecule has 0 bridgehead atoms. The van der Waals surface area contributed by atoms with Crippen LogP contribution in [0, 0.1) is 0 Å². The lowest BCUT2D eigenvalue weighted by molar-refractivity contribution is 0.580. The van der Waals surface area contributed by atoms with Crippen molar-refractivity contribution in [2.24, 2.45) is 0 Å². The molecule has 2 nitrogen and oxygen atoms in total. The zero-order valence-corrected chi connectivity index (χ0v) is 20.9. The number of hydrogen-bond donors (Lipinski definition) is 0. The lowest BCUT2D eigenvalue weighted by Crippen LogP contribution is -2.16. The summed E-state index contributed by atoms with van der Waals surface area (Å²) in [6, 6.07) is 11.6. The van der Waals surface area contributed by atoms with E-state index in [2.05, 4.69) is 66.8 Å². The van der Waals surface area contributed by atoms with Gasteiger partial charge in [-0.25, -0.2) is 8.42 Å². The van der Waals surface area contributed by atoms with E-state index in [1.54, 1.807) is 12.1 Å². The van der Waals surface area contributed by atoms with Crippen LogP contribution in [0.1, 0.15) is 76.6 Å². The van der Waals surface area contributed by atoms with Gasteiger partial charge in [0.1, 0.15) is 0 Å². The Kier molecular flexibility index (Phi) is 7.75. The van der Waals surface area contributed by atoms with E-state index in [0.717, 1.165) is 35.1 Å². The van der Waals surface area contributed by atoms with Crippen molar-refractivity contribution < 1.29 is 8.42 Å². The molecule has 0 unspecified atom stereocenters. The van der Waals surface area contributed by atoms with E-state index in [1.165, 1.54) is 0 Å². The van der Waals surface area contributed by atoms with E-state index < -0.39 is 9.84 Å². The topological polar surface area (TPSA) is 34.1 Å². The molecule has 0 saturated heterocycles. The summed E-state index contributed by atoms with van der Waals surface area (Å²) >= 11 is 0. The molecule has 31 heavy (non-hydrogen) atoms. The van der Waals surface area contributed by atoms with Gasteiger partial charge in [0.15, 0.2) is 0 Å². The summed E-state index contributed by atoms with van der Waals surface area (Å²) in [5.74, 6) is 0. The molecule has 0 aliphatic rings. The fourth-order valence-electron chi connectivity index (χ4n) is 3.64. The maximum Gasteiger partial charge on any atom is 0.207 e. The standard InChI is InChI=1S/C28H38O2S/c1-9-11-13-21-19-23(27(3,4)5)15-17-25(21)31(29,30)26-18-16-24(28(6,7)8)20-22(26)14-12-10-2/h9-10,15-20H,1-2,11-14H2,3-8H3. The van der Waals surface area contributed by atoms with Gasteiger partial charge in [-0.3, -0.25) is 0 Å². The van der Waals surface area contributed by atoms with Gasteiger partial charge in [0.05, 0.1) is 9.79 Å². The Morgan fingerprint density at radius 2 is 1.06 bits per heavy atom. The molecule has 2 rings (SSSR count). The molecule has 0 N–H and O–H groups in total. The van der Waals surface area contributed by atoms with E-state index in [1.807, 2.05) is 24.3 Å². The third-order valence-corrected chi connectivity index (χ3v) is 7.62. The Morgan fingerprint density at radius 1 is 0.710 bits per heavy atom. The normalized spacial score (nSPS) is 12.6. The lowest BCUT2D eigenvalue weighted by atomic mass is 9.86. The summed E-state index contributed by atoms with van der Waals surface area (Å²) < 4.78 is 27.7. The Labute approximate surface area is 190 Å². The molecule has 2 aromatic rings. The number of allylic oxidation sites excluding steroid dienone is 2. The number of sulfone groups is 1. The van der Waals surface area contributed by atoms with Gasteiger partial charge in [-0.05, 0) is 70.9 Å². The van der Waals surface area contributed by atoms with Crippen LogP contribution in [-0.2, 0) is 33.5 Å². The van der Waals surface area contributed by atoms with Gasteiger partial charge >= 0.3 is 0 Å². The van der Waals surface area contributed by atoms with Crippen molar-refractivity contribution in [1.82, 2.24) is 0 Å². The third kappa shape index (κ3) is 5.98. The Balaban J connectivity index is 2.70. The Morgan fingerprint density at radius 3 is 1.35 bits per heavy atom. The first-order valence-electron chi connectivity index (χ1n) is 11.1. The fourth-order valence-corrected chi connectivity index (χ4v) is 5.38. The van der Waals surface area contributed by atoms with Crippen LogP contribution in [0.15, 0.2) is 71.5 Å². The molecule has 0 atom stereocenters. The van der Waals surface area contributed by atoms with Gasteiger partial charge < -0.3 is 0 Å². The van der Waals surface area contributed by atoms with Gasteiger partial charge in [-0.15, -0.1) is 13.2 Å². The number of benzene rings is 2. The summed E-state index contributed by atoms with van der Waals surface area (Å²) in [4.78, 5) is 0.816. The van der Waals surface area contributed by atoms with Crippen LogP contribution in [-0.4, -0.2) is 8.42 Å². The lowest BCUT2D eigenvalue weighted by Gasteiger charge is -2.23. The summed E-state index contributed by atoms with van der Waals surface area (Å²) in [5, 5.41) is 0. The molecule has 0 radical (unpaired) electrons. The molecule has 0 spiro atoms. The van der Waals surface area contributed by atoms with Gasteiger partial charge in [0, 0.05) is 0 Å². The molecular formula is C28H38O2S. The van der Waals surface area contributed by atoms with Crippen LogP contribution in [0.4, 0.5) is 0 Å². The van der Waals surface area contributed by atoms with Gasteiger partial charge in [-0.1, -0.05) is 78.0 Å². The highest BCUT2D eigenvalue weighted by atomic mass is 32.2. The molecule has 0 saturated carbocycles. The third-order valence-electron chi connectivity index (χ3n) is 5.67. The predicted molar refractivity (Wildman–Crippen MR) is 133 cm³/mol. The van der Waals surface area contributed by atoms with E-state index in [0.29, 0.717) is 22.6 Å². The van der Waals surface area contributed by atoms with E-state index in [4.69, 9.17) is 0 Å². The molecule has 0 heterocycles. The van der Waals surface area contributed by atoms with Crippen LogP contribution in [0.5, 0.6) is 0 Å². The summed E-state index contributed by atoms with van der Waals surface area (Å²) in [7, 11) is -3.65. The van der Waals surface area contributed by atoms with Crippen molar-refractivity contribution in [3.8, 4) is 0 Å². The first kappa shape index (κ1) is 25.1. The molecular weight excluding hydrogens is 400 g/mol. The van der Waals surface area contributed by atoms with E-state index in [-0.39, 0.29) is 10.8 Å². The van der Waals surface area contributed by atoms with Crippen LogP contribution >= 0.6 is 0 Å². The van der Waals surface area contributed by atoms with E-state index in [9.17, 15) is 8.42 Å². The van der Waals surface area contributed by atoms with Crippen LogP contribution < -0.4 is 0 Å². The minimum Gasteiger partial charge on any atom is -0.218 e. The molecule has 2 aromatic carbocycles. The van der Waals surface area contributed by atoms with Crippen molar-refractivity contribution in [2.45, 2.75) is 87.8 Å². The van der Waals surface area contributed by atoms with Crippen molar-refractivity contribution in [3.63, 3.8) is 0 Å². The molecule has 168 valence electrons. The number of hydrogen-bond acceptors (Lipinski definition) is 2. The number of rotatable bonds is 8. The average Bonchev–Trinajstić information content (AvgIpc) is 2.68. The van der Waals surface area contributed by atoms with Gasteiger partial charge in [-0.2, -0.15) is 0 Å². The zero-order valence-electron chi connectivity index (χ0n) is 20.1. The summed E-state index contributed by atoms with van der Waals surface area (Å²) in [6.07, 6.45) is 6.47. The molecule has 3 heteroatoms. The molecule has 0 aliphatic heterocycles. The predicted octanol–water partition coefficient (Wildman–Crippen LogP) is 7.35. The maximum atomic E-state index is 13.9. The minimum atomic E-state index is -3.65. The minimum absolute atomic E-state index is 0.0469. The second-order valence-electron chi connectivity index (χ2n) is 10.3. The summed E-state index contributed by atoms with van der Waals surface area (Å²) in [5.41, 5.74) is 3.91. The average molecular weight is 439 g/mol. The quantitative estimate of drug-likeness (QED) is 0.404. The molecule has 0 aliphatic carbocycles. The zero-order chi connectivity index (χ0) is 23.4. The number of aryl methyl sites for hydroxylation is 2. The van der Waals surface area contributed by atoms with Crippen molar-refractivity contribution in [3.05, 3.63) is 84.0 Å². The smallest absolute Gasteiger partial charge is 0.207 e. The highest BCUT2D eigenvalue weighted by Gasteiger charge is 2.27. The molecule has 0 fully saturated rings. The van der Waals surface area contributed by atoms with Crippen LogP contribution in [0.3, 0.4) is 0 Å². The second-order valence-corrected chi connectivity index (χ2v) is 12.2. The first-order valence-corrected chi connectivity index (χ1v) is 12.5. The van der Waals surface area contributed by atoms with Crippen LogP contribution in [0.25, 0.3) is 0 Å². The van der Waals surface area contributed by atoms with Gasteiger partial charge in [0.25, 0.3) is 0 Å². The Hall–Kier alpha value is -2.13. The fraction of sp³-hybridized carbons (Fsp3) is 0.429. The highest BCUT2D eigenvalue weighted by Crippen LogP contribution is 2.34. The summed E-state index contributed by atoms with van der Waals surface area (Å²) in [6.45, 7) is 20.5. The van der Waals surface area contributed by atoms with Crippen molar-refractivity contribution in [1.29, 1.82) is 0 Å². The second kappa shape index (κ2) is 9.56.